The third-order valence-corrected chi connectivity index (χ3v) is 3.41. The summed E-state index contributed by atoms with van der Waals surface area (Å²) >= 11 is 0. The fourth-order valence-electron chi connectivity index (χ4n) is 1.46. The van der Waals surface area contributed by atoms with Crippen molar-refractivity contribution in [2.45, 2.75) is 6.10 Å². The van der Waals surface area contributed by atoms with Crippen LogP contribution >= 0.6 is 0 Å². The molecule has 1 rings (SSSR count). The normalized spacial score (nSPS) is 13.3. The molecule has 0 saturated carbocycles. The number of ether oxygens (including phenoxy) is 1. The van der Waals surface area contributed by atoms with Crippen molar-refractivity contribution >= 4 is 9.84 Å². The molecule has 0 spiro atoms. The molecule has 1 atom stereocenters. The second-order valence-electron chi connectivity index (χ2n) is 4.13. The lowest BCUT2D eigenvalue weighted by molar-refractivity contribution is 0.175. The van der Waals surface area contributed by atoms with Gasteiger partial charge in [-0.2, -0.15) is 0 Å². The Morgan fingerprint density at radius 2 is 2.17 bits per heavy atom. The summed E-state index contributed by atoms with van der Waals surface area (Å²) in [7, 11) is -1.40. The molecule has 102 valence electrons. The molecule has 1 unspecified atom stereocenters. The minimum atomic E-state index is -2.96. The van der Waals surface area contributed by atoms with Crippen LogP contribution in [0.2, 0.25) is 0 Å². The maximum atomic E-state index is 10.9. The number of hydrogen-bond donors (Lipinski definition) is 2. The van der Waals surface area contributed by atoms with E-state index in [0.29, 0.717) is 18.8 Å². The van der Waals surface area contributed by atoms with Gasteiger partial charge in [0.1, 0.15) is 15.6 Å². The Labute approximate surface area is 108 Å². The lowest BCUT2D eigenvalue weighted by Gasteiger charge is -2.12. The van der Waals surface area contributed by atoms with Crippen LogP contribution in [0.5, 0.6) is 5.75 Å². The van der Waals surface area contributed by atoms with Gasteiger partial charge in [-0.05, 0) is 17.7 Å². The fourth-order valence-corrected chi connectivity index (χ4v) is 1.98. The molecule has 0 radical (unpaired) electrons. The standard InChI is InChI=1S/C12H19NO4S/c1-17-11-5-3-4-10(8-11)12(14)9-13-6-7-18(2,15)16/h3-5,8,12-14H,6-7,9H2,1-2H3. The SMILES string of the molecule is COc1cccc(C(O)CNCCS(C)(=O)=O)c1. The Morgan fingerprint density at radius 1 is 1.44 bits per heavy atom. The number of benzene rings is 1. The summed E-state index contributed by atoms with van der Waals surface area (Å²) < 4.78 is 26.9. The van der Waals surface area contributed by atoms with E-state index in [4.69, 9.17) is 4.74 Å². The van der Waals surface area contributed by atoms with E-state index < -0.39 is 15.9 Å². The van der Waals surface area contributed by atoms with Crippen molar-refractivity contribution in [2.24, 2.45) is 0 Å². The third kappa shape index (κ3) is 5.48. The fraction of sp³-hybridized carbons (Fsp3) is 0.500. The zero-order valence-corrected chi connectivity index (χ0v) is 11.4. The average Bonchev–Trinajstić information content (AvgIpc) is 2.33. The Hall–Kier alpha value is -1.11. The number of sulfone groups is 1. The molecule has 0 amide bonds. The molecular formula is C12H19NO4S. The molecular weight excluding hydrogens is 254 g/mol. The lowest BCUT2D eigenvalue weighted by atomic mass is 10.1. The summed E-state index contributed by atoms with van der Waals surface area (Å²) in [4.78, 5) is 0. The number of aliphatic hydroxyl groups is 1. The Balaban J connectivity index is 2.42. The molecule has 2 N–H and O–H groups in total. The number of nitrogens with one attached hydrogen (secondary N) is 1. The largest absolute Gasteiger partial charge is 0.497 e. The van der Waals surface area contributed by atoms with E-state index in [0.717, 1.165) is 5.56 Å². The van der Waals surface area contributed by atoms with Gasteiger partial charge in [0.25, 0.3) is 0 Å². The predicted octanol–water partition coefficient (Wildman–Crippen LogP) is 0.363. The zero-order chi connectivity index (χ0) is 13.6. The minimum absolute atomic E-state index is 0.0673. The van der Waals surface area contributed by atoms with Crippen LogP contribution in [0, 0.1) is 0 Å². The number of aliphatic hydroxyl groups excluding tert-OH is 1. The summed E-state index contributed by atoms with van der Waals surface area (Å²) in [6, 6.07) is 7.15. The summed E-state index contributed by atoms with van der Waals surface area (Å²) in [5.74, 6) is 0.750. The van der Waals surface area contributed by atoms with E-state index in [2.05, 4.69) is 5.32 Å². The van der Waals surface area contributed by atoms with Crippen LogP contribution in [0.3, 0.4) is 0 Å². The molecule has 5 nitrogen and oxygen atoms in total. The maximum absolute atomic E-state index is 10.9. The van der Waals surface area contributed by atoms with Crippen molar-refractivity contribution in [3.8, 4) is 5.75 Å². The van der Waals surface area contributed by atoms with E-state index in [9.17, 15) is 13.5 Å². The van der Waals surface area contributed by atoms with Gasteiger partial charge in [-0.1, -0.05) is 12.1 Å². The Kier molecular flexibility index (Phi) is 5.58. The highest BCUT2D eigenvalue weighted by molar-refractivity contribution is 7.90. The molecule has 0 saturated heterocycles. The molecule has 18 heavy (non-hydrogen) atoms. The Morgan fingerprint density at radius 3 is 2.78 bits per heavy atom. The predicted molar refractivity (Wildman–Crippen MR) is 70.5 cm³/mol. The summed E-state index contributed by atoms with van der Waals surface area (Å²) in [5, 5.41) is 12.8. The van der Waals surface area contributed by atoms with Gasteiger partial charge in [-0.25, -0.2) is 8.42 Å². The van der Waals surface area contributed by atoms with Crippen LogP contribution in [0.25, 0.3) is 0 Å². The van der Waals surface area contributed by atoms with Crippen molar-refractivity contribution < 1.29 is 18.3 Å². The highest BCUT2D eigenvalue weighted by Crippen LogP contribution is 2.18. The van der Waals surface area contributed by atoms with Gasteiger partial charge in [0.05, 0.1) is 19.0 Å². The molecule has 0 heterocycles. The summed E-state index contributed by atoms with van der Waals surface area (Å²) in [6.45, 7) is 0.641. The lowest BCUT2D eigenvalue weighted by Crippen LogP contribution is -2.26. The molecule has 1 aromatic carbocycles. The third-order valence-electron chi connectivity index (χ3n) is 2.47. The first kappa shape index (κ1) is 14.9. The topological polar surface area (TPSA) is 75.6 Å². The smallest absolute Gasteiger partial charge is 0.148 e. The van der Waals surface area contributed by atoms with Gasteiger partial charge in [0.15, 0.2) is 0 Å². The van der Waals surface area contributed by atoms with Gasteiger partial charge in [-0.15, -0.1) is 0 Å². The molecule has 1 aromatic rings. The zero-order valence-electron chi connectivity index (χ0n) is 10.6. The van der Waals surface area contributed by atoms with Crippen LogP contribution in [-0.2, 0) is 9.84 Å². The first-order chi connectivity index (χ1) is 8.42. The van der Waals surface area contributed by atoms with Gasteiger partial charge in [0, 0.05) is 19.3 Å². The number of rotatable bonds is 7. The molecule has 0 fully saturated rings. The molecule has 0 aliphatic carbocycles. The van der Waals surface area contributed by atoms with Gasteiger partial charge >= 0.3 is 0 Å². The van der Waals surface area contributed by atoms with Crippen LogP contribution < -0.4 is 10.1 Å². The highest BCUT2D eigenvalue weighted by Gasteiger charge is 2.08. The van der Waals surface area contributed by atoms with E-state index in [1.54, 1.807) is 31.4 Å². The molecule has 0 aliphatic rings. The molecule has 0 bridgehead atoms. The summed E-state index contributed by atoms with van der Waals surface area (Å²) in [5.41, 5.74) is 0.737. The van der Waals surface area contributed by atoms with E-state index >= 15 is 0 Å². The average molecular weight is 273 g/mol. The first-order valence-corrected chi connectivity index (χ1v) is 7.69. The first-order valence-electron chi connectivity index (χ1n) is 5.63. The minimum Gasteiger partial charge on any atom is -0.497 e. The van der Waals surface area contributed by atoms with Crippen LogP contribution in [0.4, 0.5) is 0 Å². The van der Waals surface area contributed by atoms with Crippen LogP contribution in [0.15, 0.2) is 24.3 Å². The monoisotopic (exact) mass is 273 g/mol. The van der Waals surface area contributed by atoms with Crippen LogP contribution in [-0.4, -0.2) is 45.7 Å². The van der Waals surface area contributed by atoms with Gasteiger partial charge in [-0.3, -0.25) is 0 Å². The second kappa shape index (κ2) is 6.72. The molecule has 0 aromatic heterocycles. The van der Waals surface area contributed by atoms with Gasteiger partial charge < -0.3 is 15.2 Å². The van der Waals surface area contributed by atoms with Crippen LogP contribution in [0.1, 0.15) is 11.7 Å². The second-order valence-corrected chi connectivity index (χ2v) is 6.39. The van der Waals surface area contributed by atoms with Gasteiger partial charge in [0.2, 0.25) is 0 Å². The quantitative estimate of drug-likeness (QED) is 0.702. The summed E-state index contributed by atoms with van der Waals surface area (Å²) in [6.07, 6.45) is 0.507. The van der Waals surface area contributed by atoms with E-state index in [1.165, 1.54) is 6.26 Å². The van der Waals surface area contributed by atoms with Crippen molar-refractivity contribution in [3.05, 3.63) is 29.8 Å². The van der Waals surface area contributed by atoms with Crippen molar-refractivity contribution in [1.82, 2.24) is 5.32 Å². The number of hydrogen-bond acceptors (Lipinski definition) is 5. The van der Waals surface area contributed by atoms with Crippen molar-refractivity contribution in [3.63, 3.8) is 0 Å². The van der Waals surface area contributed by atoms with Crippen molar-refractivity contribution in [1.29, 1.82) is 0 Å². The number of methoxy groups -OCH3 is 1. The molecule has 6 heteroatoms. The maximum Gasteiger partial charge on any atom is 0.148 e. The van der Waals surface area contributed by atoms with E-state index in [-0.39, 0.29) is 5.75 Å². The molecule has 0 aliphatic heterocycles. The van der Waals surface area contributed by atoms with Crippen molar-refractivity contribution in [2.75, 3.05) is 32.2 Å². The Bertz CT molecular complexity index is 473. The highest BCUT2D eigenvalue weighted by atomic mass is 32.2. The van der Waals surface area contributed by atoms with E-state index in [1.807, 2.05) is 0 Å².